The van der Waals surface area contributed by atoms with Crippen molar-refractivity contribution in [1.29, 1.82) is 0 Å². The van der Waals surface area contributed by atoms with Crippen LogP contribution in [0.25, 0.3) is 0 Å². The first-order valence-electron chi connectivity index (χ1n) is 6.28. The largest absolute Gasteiger partial charge is 0.478 e. The van der Waals surface area contributed by atoms with Crippen molar-refractivity contribution in [2.24, 2.45) is 0 Å². The lowest BCUT2D eigenvalue weighted by molar-refractivity contribution is 0.0167. The standard InChI is InChI=1S/C14H16O5/c15-13(16)10-5-9(6-11(8-10)14(17)18)7-12-3-1-2-4-19-12/h5-6,8,12H,1-4,7H2,(H,15,16)(H,17,18). The van der Waals surface area contributed by atoms with E-state index in [4.69, 9.17) is 14.9 Å². The van der Waals surface area contributed by atoms with Crippen LogP contribution < -0.4 is 0 Å². The third-order valence-corrected chi connectivity index (χ3v) is 3.22. The fraction of sp³-hybridized carbons (Fsp3) is 0.429. The summed E-state index contributed by atoms with van der Waals surface area (Å²) in [5, 5.41) is 18.0. The predicted octanol–water partition coefficient (Wildman–Crippen LogP) is 2.19. The van der Waals surface area contributed by atoms with Gasteiger partial charge in [-0.1, -0.05) is 0 Å². The number of ether oxygens (including phenoxy) is 1. The van der Waals surface area contributed by atoms with Crippen LogP contribution in [0.4, 0.5) is 0 Å². The van der Waals surface area contributed by atoms with Gasteiger partial charge in [-0.2, -0.15) is 0 Å². The molecule has 0 saturated carbocycles. The summed E-state index contributed by atoms with van der Waals surface area (Å²) in [6, 6.07) is 4.22. The Morgan fingerprint density at radius 1 is 1.11 bits per heavy atom. The Kier molecular flexibility index (Phi) is 4.16. The first-order chi connectivity index (χ1) is 9.06. The highest BCUT2D eigenvalue weighted by Gasteiger charge is 2.17. The van der Waals surface area contributed by atoms with Crippen LogP contribution in [0.15, 0.2) is 18.2 Å². The molecule has 19 heavy (non-hydrogen) atoms. The summed E-state index contributed by atoms with van der Waals surface area (Å²) >= 11 is 0. The van der Waals surface area contributed by atoms with E-state index in [1.807, 2.05) is 0 Å². The molecule has 1 heterocycles. The van der Waals surface area contributed by atoms with Crippen molar-refractivity contribution >= 4 is 11.9 Å². The van der Waals surface area contributed by atoms with Gasteiger partial charge in [-0.3, -0.25) is 0 Å². The van der Waals surface area contributed by atoms with Crippen molar-refractivity contribution in [3.8, 4) is 0 Å². The monoisotopic (exact) mass is 264 g/mol. The smallest absolute Gasteiger partial charge is 0.335 e. The summed E-state index contributed by atoms with van der Waals surface area (Å²) in [6.07, 6.45) is 3.68. The molecule has 0 radical (unpaired) electrons. The number of hydrogen-bond acceptors (Lipinski definition) is 3. The molecule has 1 fully saturated rings. The van der Waals surface area contributed by atoms with Gasteiger partial charge in [0.1, 0.15) is 0 Å². The van der Waals surface area contributed by atoms with Gasteiger partial charge in [-0.25, -0.2) is 9.59 Å². The number of hydrogen-bond donors (Lipinski definition) is 2. The maximum Gasteiger partial charge on any atom is 0.335 e. The van der Waals surface area contributed by atoms with E-state index in [1.54, 1.807) is 0 Å². The molecule has 1 aromatic rings. The third kappa shape index (κ3) is 3.54. The summed E-state index contributed by atoms with van der Waals surface area (Å²) in [4.78, 5) is 22.0. The molecule has 1 aliphatic rings. The Hall–Kier alpha value is -1.88. The maximum absolute atomic E-state index is 11.0. The van der Waals surface area contributed by atoms with Gasteiger partial charge in [-0.05, 0) is 49.4 Å². The second-order valence-corrected chi connectivity index (χ2v) is 4.72. The molecule has 1 aromatic carbocycles. The first-order valence-corrected chi connectivity index (χ1v) is 6.28. The number of carbonyl (C=O) groups is 2. The SMILES string of the molecule is O=C(O)c1cc(CC2CCCCO2)cc(C(=O)O)c1. The van der Waals surface area contributed by atoms with Crippen LogP contribution in [0.2, 0.25) is 0 Å². The average Bonchev–Trinajstić information content (AvgIpc) is 2.39. The summed E-state index contributed by atoms with van der Waals surface area (Å²) in [5.74, 6) is -2.23. The van der Waals surface area contributed by atoms with Gasteiger partial charge in [0.05, 0.1) is 17.2 Å². The lowest BCUT2D eigenvalue weighted by Gasteiger charge is -2.22. The molecule has 0 aliphatic carbocycles. The third-order valence-electron chi connectivity index (χ3n) is 3.22. The molecule has 2 rings (SSSR count). The van der Waals surface area contributed by atoms with Crippen molar-refractivity contribution in [2.45, 2.75) is 31.8 Å². The van der Waals surface area contributed by atoms with Crippen LogP contribution in [0, 0.1) is 0 Å². The van der Waals surface area contributed by atoms with Crippen LogP contribution in [0.1, 0.15) is 45.5 Å². The Bertz CT molecular complexity index is 456. The fourth-order valence-corrected chi connectivity index (χ4v) is 2.29. The van der Waals surface area contributed by atoms with E-state index in [0.717, 1.165) is 25.9 Å². The predicted molar refractivity (Wildman–Crippen MR) is 67.7 cm³/mol. The van der Waals surface area contributed by atoms with Gasteiger partial charge in [-0.15, -0.1) is 0 Å². The van der Waals surface area contributed by atoms with Crippen LogP contribution in [0.5, 0.6) is 0 Å². The average molecular weight is 264 g/mol. The van der Waals surface area contributed by atoms with Crippen LogP contribution in [-0.4, -0.2) is 34.9 Å². The highest BCUT2D eigenvalue weighted by atomic mass is 16.5. The Morgan fingerprint density at radius 3 is 2.21 bits per heavy atom. The molecule has 0 bridgehead atoms. The lowest BCUT2D eigenvalue weighted by Crippen LogP contribution is -2.21. The van der Waals surface area contributed by atoms with Gasteiger partial charge in [0.25, 0.3) is 0 Å². The van der Waals surface area contributed by atoms with Crippen LogP contribution >= 0.6 is 0 Å². The summed E-state index contributed by atoms with van der Waals surface area (Å²) in [7, 11) is 0. The molecule has 1 aliphatic heterocycles. The Balaban J connectivity index is 2.22. The van der Waals surface area contributed by atoms with E-state index in [9.17, 15) is 9.59 Å². The van der Waals surface area contributed by atoms with Crippen molar-refractivity contribution in [3.05, 3.63) is 34.9 Å². The number of rotatable bonds is 4. The van der Waals surface area contributed by atoms with Crippen molar-refractivity contribution < 1.29 is 24.5 Å². The van der Waals surface area contributed by atoms with E-state index < -0.39 is 11.9 Å². The summed E-state index contributed by atoms with van der Waals surface area (Å²) in [6.45, 7) is 0.717. The molecule has 5 heteroatoms. The van der Waals surface area contributed by atoms with E-state index in [2.05, 4.69) is 0 Å². The molecular formula is C14H16O5. The van der Waals surface area contributed by atoms with E-state index in [0.29, 0.717) is 12.0 Å². The molecule has 2 N–H and O–H groups in total. The van der Waals surface area contributed by atoms with Crippen molar-refractivity contribution in [1.82, 2.24) is 0 Å². The molecule has 1 atom stereocenters. The fourth-order valence-electron chi connectivity index (χ4n) is 2.29. The van der Waals surface area contributed by atoms with E-state index in [1.165, 1.54) is 18.2 Å². The van der Waals surface area contributed by atoms with Gasteiger partial charge in [0.15, 0.2) is 0 Å². The van der Waals surface area contributed by atoms with Crippen LogP contribution in [0.3, 0.4) is 0 Å². The van der Waals surface area contributed by atoms with E-state index >= 15 is 0 Å². The molecule has 0 spiro atoms. The van der Waals surface area contributed by atoms with Gasteiger partial charge in [0.2, 0.25) is 0 Å². The molecule has 1 unspecified atom stereocenters. The van der Waals surface area contributed by atoms with Crippen LogP contribution in [-0.2, 0) is 11.2 Å². The second-order valence-electron chi connectivity index (χ2n) is 4.72. The minimum atomic E-state index is -1.12. The summed E-state index contributed by atoms with van der Waals surface area (Å²) < 4.78 is 5.59. The van der Waals surface area contributed by atoms with Gasteiger partial charge < -0.3 is 14.9 Å². The van der Waals surface area contributed by atoms with Crippen molar-refractivity contribution in [3.63, 3.8) is 0 Å². The maximum atomic E-state index is 11.0. The molecule has 0 amide bonds. The Labute approximate surface area is 110 Å². The van der Waals surface area contributed by atoms with Gasteiger partial charge in [0, 0.05) is 6.61 Å². The Morgan fingerprint density at radius 2 is 1.74 bits per heavy atom. The molecule has 102 valence electrons. The molecule has 5 nitrogen and oxygen atoms in total. The van der Waals surface area contributed by atoms with Gasteiger partial charge >= 0.3 is 11.9 Å². The summed E-state index contributed by atoms with van der Waals surface area (Å²) in [5.41, 5.74) is 0.709. The minimum absolute atomic E-state index is 0.00529. The molecule has 1 saturated heterocycles. The zero-order chi connectivity index (χ0) is 13.8. The van der Waals surface area contributed by atoms with E-state index in [-0.39, 0.29) is 17.2 Å². The molecule has 0 aromatic heterocycles. The number of aromatic carboxylic acids is 2. The number of benzene rings is 1. The highest BCUT2D eigenvalue weighted by molar-refractivity contribution is 5.94. The highest BCUT2D eigenvalue weighted by Crippen LogP contribution is 2.19. The minimum Gasteiger partial charge on any atom is -0.478 e. The second kappa shape index (κ2) is 5.84. The number of carboxylic acid groups (broad SMARTS) is 2. The zero-order valence-corrected chi connectivity index (χ0v) is 10.5. The topological polar surface area (TPSA) is 83.8 Å². The van der Waals surface area contributed by atoms with Crippen molar-refractivity contribution in [2.75, 3.05) is 6.61 Å². The lowest BCUT2D eigenvalue weighted by atomic mass is 9.98. The number of carboxylic acids is 2. The first kappa shape index (κ1) is 13.5. The quantitative estimate of drug-likeness (QED) is 0.870. The normalized spacial score (nSPS) is 19.1. The molecular weight excluding hydrogens is 248 g/mol. The zero-order valence-electron chi connectivity index (χ0n) is 10.5.